The number of piperidine rings is 1. The van der Waals surface area contributed by atoms with Crippen LogP contribution < -0.4 is 5.73 Å². The molecule has 0 aliphatic carbocycles. The summed E-state index contributed by atoms with van der Waals surface area (Å²) in [6, 6.07) is 3.64. The predicted molar refractivity (Wildman–Crippen MR) is 78.4 cm³/mol. The summed E-state index contributed by atoms with van der Waals surface area (Å²) in [7, 11) is 0. The number of carbonyl (C=O) groups excluding carboxylic acids is 1. The summed E-state index contributed by atoms with van der Waals surface area (Å²) in [4.78, 5) is 17.1. The van der Waals surface area contributed by atoms with Crippen molar-refractivity contribution in [3.63, 3.8) is 0 Å². The van der Waals surface area contributed by atoms with Gasteiger partial charge < -0.3 is 20.7 Å². The Balaban J connectivity index is 1.84. The van der Waals surface area contributed by atoms with Crippen LogP contribution in [0.25, 0.3) is 10.2 Å². The van der Waals surface area contributed by atoms with Crippen LogP contribution in [-0.2, 0) is 0 Å². The number of thiophene rings is 1. The Morgan fingerprint density at radius 2 is 2.32 bits per heavy atom. The van der Waals surface area contributed by atoms with E-state index in [4.69, 9.17) is 5.73 Å². The van der Waals surface area contributed by atoms with Crippen LogP contribution in [0, 0.1) is 0 Å². The van der Waals surface area contributed by atoms with Gasteiger partial charge in [-0.25, -0.2) is 0 Å². The topological polar surface area (TPSA) is 82.3 Å². The van der Waals surface area contributed by atoms with Gasteiger partial charge in [0.25, 0.3) is 5.91 Å². The maximum Gasteiger partial charge on any atom is 0.270 e. The molecule has 1 aliphatic heterocycles. The highest BCUT2D eigenvalue weighted by atomic mass is 79.9. The lowest BCUT2D eigenvalue weighted by molar-refractivity contribution is 0.0420. The first-order valence-corrected chi connectivity index (χ1v) is 7.65. The van der Waals surface area contributed by atoms with E-state index in [1.807, 2.05) is 12.1 Å². The van der Waals surface area contributed by atoms with Crippen molar-refractivity contribution in [2.45, 2.75) is 18.6 Å². The monoisotopic (exact) mass is 343 g/mol. The lowest BCUT2D eigenvalue weighted by Crippen LogP contribution is -2.51. The number of nitrogens with one attached hydrogen (secondary N) is 1. The molecule has 0 saturated carbocycles. The van der Waals surface area contributed by atoms with Crippen LogP contribution in [0.5, 0.6) is 0 Å². The zero-order valence-electron chi connectivity index (χ0n) is 10.1. The molecule has 0 aromatic carbocycles. The number of rotatable bonds is 1. The Bertz CT molecular complexity index is 582. The van der Waals surface area contributed by atoms with Crippen molar-refractivity contribution in [2.24, 2.45) is 5.73 Å². The molecule has 1 aliphatic rings. The standard InChI is InChI=1S/C12H14BrN3O2S/c13-11-3-8-10(19-11)2-9(15-8)12(18)16-4-6(14)1-7(17)5-16/h2-3,6-7,15,17H,1,4-5,14H2. The fraction of sp³-hybridized carbons (Fsp3) is 0.417. The number of nitrogens with zero attached hydrogens (tertiary/aromatic N) is 1. The van der Waals surface area contributed by atoms with Crippen LogP contribution >= 0.6 is 27.3 Å². The lowest BCUT2D eigenvalue weighted by atomic mass is 10.0. The molecular weight excluding hydrogens is 330 g/mol. The van der Waals surface area contributed by atoms with Gasteiger partial charge in [0, 0.05) is 19.1 Å². The quantitative estimate of drug-likeness (QED) is 0.734. The van der Waals surface area contributed by atoms with Crippen LogP contribution in [0.3, 0.4) is 0 Å². The van der Waals surface area contributed by atoms with Crippen molar-refractivity contribution >= 4 is 43.4 Å². The van der Waals surface area contributed by atoms with Gasteiger partial charge >= 0.3 is 0 Å². The number of β-amino-alcohol motifs (C(OH)–C–C–N with tert-alkyl or cyclic N) is 1. The third-order valence-electron chi connectivity index (χ3n) is 3.25. The first-order chi connectivity index (χ1) is 9.02. The van der Waals surface area contributed by atoms with E-state index in [1.165, 1.54) is 0 Å². The molecule has 1 amide bonds. The lowest BCUT2D eigenvalue weighted by Gasteiger charge is -2.33. The molecule has 0 bridgehead atoms. The van der Waals surface area contributed by atoms with Crippen LogP contribution in [0.1, 0.15) is 16.9 Å². The summed E-state index contributed by atoms with van der Waals surface area (Å²) in [6.45, 7) is 0.842. The van der Waals surface area contributed by atoms with Crippen molar-refractivity contribution in [2.75, 3.05) is 13.1 Å². The maximum atomic E-state index is 12.4. The van der Waals surface area contributed by atoms with Gasteiger partial charge in [-0.2, -0.15) is 0 Å². The van der Waals surface area contributed by atoms with E-state index in [-0.39, 0.29) is 11.9 Å². The summed E-state index contributed by atoms with van der Waals surface area (Å²) in [5.74, 6) is -0.103. The zero-order chi connectivity index (χ0) is 13.6. The van der Waals surface area contributed by atoms with Gasteiger partial charge in [0.15, 0.2) is 0 Å². The number of aliphatic hydroxyl groups is 1. The maximum absolute atomic E-state index is 12.4. The van der Waals surface area contributed by atoms with Gasteiger partial charge in [-0.05, 0) is 34.5 Å². The molecule has 3 heterocycles. The second kappa shape index (κ2) is 4.90. The number of aliphatic hydroxyl groups excluding tert-OH is 1. The molecule has 5 nitrogen and oxygen atoms in total. The molecule has 0 spiro atoms. The highest BCUT2D eigenvalue weighted by Crippen LogP contribution is 2.30. The third-order valence-corrected chi connectivity index (χ3v) is 4.84. The van der Waals surface area contributed by atoms with Gasteiger partial charge in [0.1, 0.15) is 5.69 Å². The van der Waals surface area contributed by atoms with Gasteiger partial charge in [0.05, 0.1) is 20.1 Å². The molecule has 2 aromatic rings. The van der Waals surface area contributed by atoms with Crippen molar-refractivity contribution in [3.05, 3.63) is 21.6 Å². The number of halogens is 1. The van der Waals surface area contributed by atoms with Crippen molar-refractivity contribution in [1.29, 1.82) is 0 Å². The highest BCUT2D eigenvalue weighted by molar-refractivity contribution is 9.11. The van der Waals surface area contributed by atoms with Crippen molar-refractivity contribution in [1.82, 2.24) is 9.88 Å². The highest BCUT2D eigenvalue weighted by Gasteiger charge is 2.28. The molecule has 1 saturated heterocycles. The molecule has 102 valence electrons. The number of aromatic nitrogens is 1. The van der Waals surface area contributed by atoms with E-state index in [2.05, 4.69) is 20.9 Å². The number of likely N-dealkylation sites (tertiary alicyclic amines) is 1. The van der Waals surface area contributed by atoms with Crippen molar-refractivity contribution < 1.29 is 9.90 Å². The first-order valence-electron chi connectivity index (χ1n) is 6.04. The number of nitrogens with two attached hydrogens (primary N) is 1. The Hall–Kier alpha value is -0.890. The van der Waals surface area contributed by atoms with Crippen LogP contribution in [0.15, 0.2) is 15.9 Å². The third kappa shape index (κ3) is 2.55. The van der Waals surface area contributed by atoms with Crippen LogP contribution in [0.2, 0.25) is 0 Å². The fourth-order valence-corrected chi connectivity index (χ4v) is 3.99. The minimum atomic E-state index is -0.530. The van der Waals surface area contributed by atoms with E-state index in [0.29, 0.717) is 25.2 Å². The summed E-state index contributed by atoms with van der Waals surface area (Å²) in [5, 5.41) is 9.69. The van der Waals surface area contributed by atoms with Gasteiger partial charge in [-0.15, -0.1) is 11.3 Å². The molecule has 2 atom stereocenters. The molecule has 2 unspecified atom stereocenters. The van der Waals surface area contributed by atoms with Crippen LogP contribution in [0.4, 0.5) is 0 Å². The van der Waals surface area contributed by atoms with E-state index >= 15 is 0 Å². The minimum absolute atomic E-state index is 0.103. The summed E-state index contributed by atoms with van der Waals surface area (Å²) < 4.78 is 2.07. The molecule has 2 aromatic heterocycles. The Morgan fingerprint density at radius 3 is 3.00 bits per heavy atom. The number of fused-ring (bicyclic) bond motifs is 1. The number of hydrogen-bond donors (Lipinski definition) is 3. The summed E-state index contributed by atoms with van der Waals surface area (Å²) >= 11 is 4.99. The van der Waals surface area contributed by atoms with E-state index in [0.717, 1.165) is 14.0 Å². The molecule has 4 N–H and O–H groups in total. The zero-order valence-corrected chi connectivity index (χ0v) is 12.5. The number of carbonyl (C=O) groups is 1. The predicted octanol–water partition coefficient (Wildman–Crippen LogP) is 1.53. The average molecular weight is 344 g/mol. The fourth-order valence-electron chi connectivity index (χ4n) is 2.45. The van der Waals surface area contributed by atoms with Crippen molar-refractivity contribution in [3.8, 4) is 0 Å². The first kappa shape index (κ1) is 13.1. The Kier molecular flexibility index (Phi) is 3.38. The number of hydrogen-bond acceptors (Lipinski definition) is 4. The van der Waals surface area contributed by atoms with E-state index < -0.39 is 6.10 Å². The number of H-pyrrole nitrogens is 1. The SMILES string of the molecule is NC1CC(O)CN(C(=O)c2cc3sc(Br)cc3[nH]2)C1. The minimum Gasteiger partial charge on any atom is -0.391 e. The molecule has 0 radical (unpaired) electrons. The summed E-state index contributed by atoms with van der Waals surface area (Å²) in [6.07, 6.45) is 0.0224. The molecule has 3 rings (SSSR count). The van der Waals surface area contributed by atoms with Gasteiger partial charge in [0.2, 0.25) is 0 Å². The smallest absolute Gasteiger partial charge is 0.270 e. The second-order valence-electron chi connectivity index (χ2n) is 4.87. The van der Waals surface area contributed by atoms with E-state index in [1.54, 1.807) is 16.2 Å². The molecular formula is C12H14BrN3O2S. The van der Waals surface area contributed by atoms with Gasteiger partial charge in [-0.3, -0.25) is 4.79 Å². The van der Waals surface area contributed by atoms with E-state index in [9.17, 15) is 9.90 Å². The second-order valence-corrected chi connectivity index (χ2v) is 7.33. The number of amides is 1. The average Bonchev–Trinajstić information content (AvgIpc) is 2.83. The molecule has 1 fully saturated rings. The van der Waals surface area contributed by atoms with Crippen LogP contribution in [-0.4, -0.2) is 46.1 Å². The number of aromatic amines is 1. The Labute approximate surface area is 122 Å². The normalized spacial score (nSPS) is 24.1. The van der Waals surface area contributed by atoms with Gasteiger partial charge in [-0.1, -0.05) is 0 Å². The molecule has 7 heteroatoms. The molecule has 19 heavy (non-hydrogen) atoms. The largest absolute Gasteiger partial charge is 0.391 e. The summed E-state index contributed by atoms with van der Waals surface area (Å²) in [5.41, 5.74) is 7.34. The Morgan fingerprint density at radius 1 is 1.53 bits per heavy atom.